The molecule has 0 aliphatic rings. The maximum absolute atomic E-state index is 13.4. The van der Waals surface area contributed by atoms with Crippen molar-refractivity contribution < 1.29 is 22.3 Å². The van der Waals surface area contributed by atoms with Gasteiger partial charge in [-0.2, -0.15) is 0 Å². The van der Waals surface area contributed by atoms with Gasteiger partial charge in [0.2, 0.25) is 15.9 Å². The van der Waals surface area contributed by atoms with Crippen molar-refractivity contribution in [1.82, 2.24) is 0 Å². The molecule has 0 fully saturated rings. The lowest BCUT2D eigenvalue weighted by Crippen LogP contribution is -2.37. The number of carbonyl (C=O) groups excluding carboxylic acids is 1. The van der Waals surface area contributed by atoms with Crippen molar-refractivity contribution in [2.24, 2.45) is 0 Å². The maximum atomic E-state index is 13.4. The molecule has 8 heteroatoms. The van der Waals surface area contributed by atoms with Crippen LogP contribution in [0.25, 0.3) is 0 Å². The fourth-order valence-corrected chi connectivity index (χ4v) is 3.10. The Labute approximate surface area is 152 Å². The van der Waals surface area contributed by atoms with Crippen molar-refractivity contribution in [2.45, 2.75) is 20.0 Å². The molecule has 6 nitrogen and oxygen atoms in total. The topological polar surface area (TPSA) is 75.7 Å². The summed E-state index contributed by atoms with van der Waals surface area (Å²) in [6.07, 6.45) is 0.994. The summed E-state index contributed by atoms with van der Waals surface area (Å²) < 4.78 is 43.7. The zero-order valence-corrected chi connectivity index (χ0v) is 15.6. The van der Waals surface area contributed by atoms with Gasteiger partial charge in [0.25, 0.3) is 0 Å². The van der Waals surface area contributed by atoms with E-state index in [-0.39, 0.29) is 11.8 Å². The van der Waals surface area contributed by atoms with Crippen LogP contribution >= 0.6 is 0 Å². The standard InChI is InChI=1S/C18H21FN2O4S/c1-13(2)25-17-9-7-15(8-10-17)20-18(22)12-21(26(3,23)24)16-6-4-5-14(19)11-16/h4-11,13H,12H2,1-3H3,(H,20,22). The summed E-state index contributed by atoms with van der Waals surface area (Å²) in [5, 5.41) is 2.62. The third kappa shape index (κ3) is 5.73. The number of ether oxygens (including phenoxy) is 1. The van der Waals surface area contributed by atoms with Crippen molar-refractivity contribution in [3.05, 3.63) is 54.3 Å². The normalized spacial score (nSPS) is 11.3. The van der Waals surface area contributed by atoms with Gasteiger partial charge in [-0.3, -0.25) is 9.10 Å². The summed E-state index contributed by atoms with van der Waals surface area (Å²) in [6.45, 7) is 3.34. The molecule has 0 aliphatic heterocycles. The molecule has 0 saturated carbocycles. The van der Waals surface area contributed by atoms with Crippen molar-refractivity contribution >= 4 is 27.3 Å². The largest absolute Gasteiger partial charge is 0.491 e. The third-order valence-electron chi connectivity index (χ3n) is 3.29. The molecule has 0 aromatic heterocycles. The second kappa shape index (κ2) is 8.18. The SMILES string of the molecule is CC(C)Oc1ccc(NC(=O)CN(c2cccc(F)c2)S(C)(=O)=O)cc1. The van der Waals surface area contributed by atoms with E-state index in [1.807, 2.05) is 13.8 Å². The van der Waals surface area contributed by atoms with Crippen LogP contribution in [0.5, 0.6) is 5.75 Å². The van der Waals surface area contributed by atoms with Crippen LogP contribution < -0.4 is 14.4 Å². The van der Waals surface area contributed by atoms with E-state index in [0.717, 1.165) is 16.6 Å². The molecule has 0 spiro atoms. The quantitative estimate of drug-likeness (QED) is 0.801. The first-order valence-corrected chi connectivity index (χ1v) is 9.80. The number of rotatable bonds is 7. The zero-order valence-electron chi connectivity index (χ0n) is 14.8. The number of nitrogens with one attached hydrogen (secondary N) is 1. The van der Waals surface area contributed by atoms with Crippen LogP contribution in [-0.2, 0) is 14.8 Å². The summed E-state index contributed by atoms with van der Waals surface area (Å²) in [4.78, 5) is 12.2. The van der Waals surface area contributed by atoms with Crippen LogP contribution in [0.15, 0.2) is 48.5 Å². The lowest BCUT2D eigenvalue weighted by molar-refractivity contribution is -0.114. The van der Waals surface area contributed by atoms with Gasteiger partial charge in [0.15, 0.2) is 0 Å². The van der Waals surface area contributed by atoms with Crippen LogP contribution in [0.4, 0.5) is 15.8 Å². The van der Waals surface area contributed by atoms with Crippen LogP contribution in [0.3, 0.4) is 0 Å². The number of sulfonamides is 1. The second-order valence-corrected chi connectivity index (χ2v) is 7.90. The predicted octanol–water partition coefficient (Wildman–Crippen LogP) is 3.02. The van der Waals surface area contributed by atoms with Gasteiger partial charge in [-0.05, 0) is 56.3 Å². The molecule has 26 heavy (non-hydrogen) atoms. The number of benzene rings is 2. The number of halogens is 1. The highest BCUT2D eigenvalue weighted by Crippen LogP contribution is 2.20. The minimum atomic E-state index is -3.76. The monoisotopic (exact) mass is 380 g/mol. The second-order valence-electron chi connectivity index (χ2n) is 5.99. The summed E-state index contributed by atoms with van der Waals surface area (Å²) in [7, 11) is -3.76. The van der Waals surface area contributed by atoms with Gasteiger partial charge in [0, 0.05) is 5.69 Å². The Bertz CT molecular complexity index is 867. The number of hydrogen-bond donors (Lipinski definition) is 1. The third-order valence-corrected chi connectivity index (χ3v) is 4.43. The average molecular weight is 380 g/mol. The van der Waals surface area contributed by atoms with Gasteiger partial charge in [0.05, 0.1) is 18.0 Å². The van der Waals surface area contributed by atoms with E-state index in [0.29, 0.717) is 11.4 Å². The first kappa shape index (κ1) is 19.7. The molecule has 0 aliphatic carbocycles. The Morgan fingerprint density at radius 3 is 2.38 bits per heavy atom. The van der Waals surface area contributed by atoms with E-state index in [1.165, 1.54) is 18.2 Å². The van der Waals surface area contributed by atoms with E-state index < -0.39 is 28.3 Å². The minimum Gasteiger partial charge on any atom is -0.491 e. The molecule has 0 heterocycles. The fourth-order valence-electron chi connectivity index (χ4n) is 2.25. The molecule has 140 valence electrons. The molecule has 0 unspecified atom stereocenters. The maximum Gasteiger partial charge on any atom is 0.245 e. The number of carbonyl (C=O) groups is 1. The number of hydrogen-bond acceptors (Lipinski definition) is 4. The molecule has 2 aromatic rings. The van der Waals surface area contributed by atoms with E-state index in [4.69, 9.17) is 4.74 Å². The van der Waals surface area contributed by atoms with Gasteiger partial charge >= 0.3 is 0 Å². The highest BCUT2D eigenvalue weighted by molar-refractivity contribution is 7.92. The number of anilines is 2. The number of nitrogens with zero attached hydrogens (tertiary/aromatic N) is 1. The van der Waals surface area contributed by atoms with Crippen molar-refractivity contribution in [3.8, 4) is 5.75 Å². The van der Waals surface area contributed by atoms with Crippen LogP contribution in [0.2, 0.25) is 0 Å². The van der Waals surface area contributed by atoms with Gasteiger partial charge in [0.1, 0.15) is 18.1 Å². The van der Waals surface area contributed by atoms with Gasteiger partial charge in [-0.25, -0.2) is 12.8 Å². The Morgan fingerprint density at radius 1 is 1.19 bits per heavy atom. The lowest BCUT2D eigenvalue weighted by atomic mass is 10.3. The van der Waals surface area contributed by atoms with Crippen LogP contribution in [0, 0.1) is 5.82 Å². The first-order valence-electron chi connectivity index (χ1n) is 7.95. The highest BCUT2D eigenvalue weighted by atomic mass is 32.2. The van der Waals surface area contributed by atoms with E-state index in [1.54, 1.807) is 24.3 Å². The van der Waals surface area contributed by atoms with E-state index >= 15 is 0 Å². The molecule has 1 N–H and O–H groups in total. The minimum absolute atomic E-state index is 0.0324. The summed E-state index contributed by atoms with van der Waals surface area (Å²) in [5.74, 6) is -0.468. The lowest BCUT2D eigenvalue weighted by Gasteiger charge is -2.22. The Kier molecular flexibility index (Phi) is 6.20. The summed E-state index contributed by atoms with van der Waals surface area (Å²) in [5.41, 5.74) is 0.585. The van der Waals surface area contributed by atoms with Gasteiger partial charge < -0.3 is 10.1 Å². The Hall–Kier alpha value is -2.61. The smallest absolute Gasteiger partial charge is 0.245 e. The van der Waals surface area contributed by atoms with Crippen molar-refractivity contribution in [1.29, 1.82) is 0 Å². The predicted molar refractivity (Wildman–Crippen MR) is 99.4 cm³/mol. The molecule has 0 bridgehead atoms. The fraction of sp³-hybridized carbons (Fsp3) is 0.278. The molecule has 0 atom stereocenters. The molecule has 2 rings (SSSR count). The molecule has 0 radical (unpaired) electrons. The number of amides is 1. The average Bonchev–Trinajstić information content (AvgIpc) is 2.53. The zero-order chi connectivity index (χ0) is 19.3. The molecule has 0 saturated heterocycles. The first-order chi connectivity index (χ1) is 12.1. The van der Waals surface area contributed by atoms with Crippen LogP contribution in [0.1, 0.15) is 13.8 Å². The molecular formula is C18H21FN2O4S. The molecule has 1 amide bonds. The Balaban J connectivity index is 2.10. The van der Waals surface area contributed by atoms with E-state index in [2.05, 4.69) is 5.32 Å². The van der Waals surface area contributed by atoms with Gasteiger partial charge in [-0.15, -0.1) is 0 Å². The van der Waals surface area contributed by atoms with Crippen molar-refractivity contribution in [3.63, 3.8) is 0 Å². The summed E-state index contributed by atoms with van der Waals surface area (Å²) >= 11 is 0. The highest BCUT2D eigenvalue weighted by Gasteiger charge is 2.21. The van der Waals surface area contributed by atoms with Gasteiger partial charge in [-0.1, -0.05) is 6.07 Å². The molecule has 2 aromatic carbocycles. The summed E-state index contributed by atoms with van der Waals surface area (Å²) in [6, 6.07) is 11.8. The van der Waals surface area contributed by atoms with Crippen LogP contribution in [-0.4, -0.2) is 33.2 Å². The van der Waals surface area contributed by atoms with Crippen molar-refractivity contribution in [2.75, 3.05) is 22.4 Å². The molecular weight excluding hydrogens is 359 g/mol. The van der Waals surface area contributed by atoms with E-state index in [9.17, 15) is 17.6 Å². The Morgan fingerprint density at radius 2 is 1.85 bits per heavy atom.